The minimum atomic E-state index is -0.540. The molecule has 1 saturated heterocycles. The Balaban J connectivity index is 1.30. The Labute approximate surface area is 174 Å². The Morgan fingerprint density at radius 3 is 2.50 bits per heavy atom. The summed E-state index contributed by atoms with van der Waals surface area (Å²) in [6.07, 6.45) is 0.648. The number of ether oxygens (including phenoxy) is 1. The third kappa shape index (κ3) is 4.37. The number of likely N-dealkylation sites (tertiary alicyclic amines) is 1. The largest absolute Gasteiger partial charge is 0.479 e. The van der Waals surface area contributed by atoms with Crippen molar-refractivity contribution in [3.63, 3.8) is 0 Å². The molecule has 2 aliphatic rings. The molecule has 0 radical (unpaired) electrons. The van der Waals surface area contributed by atoms with Crippen LogP contribution < -0.4 is 20.7 Å². The van der Waals surface area contributed by atoms with Gasteiger partial charge in [-0.1, -0.05) is 18.2 Å². The van der Waals surface area contributed by atoms with E-state index in [4.69, 9.17) is 4.74 Å². The molecule has 0 aromatic heterocycles. The van der Waals surface area contributed by atoms with E-state index in [0.29, 0.717) is 43.1 Å². The summed E-state index contributed by atoms with van der Waals surface area (Å²) in [7, 11) is 0. The van der Waals surface area contributed by atoms with E-state index in [1.54, 1.807) is 30.0 Å². The van der Waals surface area contributed by atoms with Gasteiger partial charge in [-0.2, -0.15) is 0 Å². The highest BCUT2D eigenvalue weighted by Gasteiger charge is 2.28. The van der Waals surface area contributed by atoms with Crippen LogP contribution in [0, 0.1) is 5.92 Å². The first kappa shape index (κ1) is 19.8. The zero-order chi connectivity index (χ0) is 21.1. The molecule has 2 aromatic carbocycles. The van der Waals surface area contributed by atoms with Crippen molar-refractivity contribution in [3.05, 3.63) is 48.5 Å². The number of carbonyl (C=O) groups is 3. The molecule has 1 atom stereocenters. The van der Waals surface area contributed by atoms with Crippen molar-refractivity contribution >= 4 is 34.9 Å². The summed E-state index contributed by atoms with van der Waals surface area (Å²) < 4.78 is 5.53. The minimum absolute atomic E-state index is 0.0884. The second-order valence-corrected chi connectivity index (χ2v) is 7.51. The third-order valence-electron chi connectivity index (χ3n) is 5.36. The first-order valence-electron chi connectivity index (χ1n) is 10.0. The number of fused-ring (bicyclic) bond motifs is 1. The molecule has 3 N–H and O–H groups in total. The van der Waals surface area contributed by atoms with Gasteiger partial charge in [0.15, 0.2) is 6.10 Å². The number of amides is 4. The highest BCUT2D eigenvalue weighted by Crippen LogP contribution is 2.32. The van der Waals surface area contributed by atoms with Crippen molar-refractivity contribution in [2.45, 2.75) is 25.9 Å². The summed E-state index contributed by atoms with van der Waals surface area (Å²) in [5.41, 5.74) is 1.89. The van der Waals surface area contributed by atoms with Crippen molar-refractivity contribution in [1.82, 2.24) is 4.90 Å². The van der Waals surface area contributed by atoms with Crippen LogP contribution in [-0.4, -0.2) is 41.9 Å². The van der Waals surface area contributed by atoms with Gasteiger partial charge < -0.3 is 25.6 Å². The number of nitrogens with zero attached hydrogens (tertiary/aromatic N) is 1. The van der Waals surface area contributed by atoms with E-state index >= 15 is 0 Å². The fourth-order valence-corrected chi connectivity index (χ4v) is 3.60. The lowest BCUT2D eigenvalue weighted by Crippen LogP contribution is -2.43. The van der Waals surface area contributed by atoms with E-state index in [9.17, 15) is 14.4 Å². The Morgan fingerprint density at radius 1 is 1.03 bits per heavy atom. The predicted molar refractivity (Wildman–Crippen MR) is 114 cm³/mol. The molecule has 4 rings (SSSR count). The highest BCUT2D eigenvalue weighted by molar-refractivity contribution is 5.99. The minimum Gasteiger partial charge on any atom is -0.479 e. The number of benzene rings is 2. The Kier molecular flexibility index (Phi) is 5.56. The van der Waals surface area contributed by atoms with E-state index in [-0.39, 0.29) is 23.8 Å². The lowest BCUT2D eigenvalue weighted by Gasteiger charge is -2.31. The van der Waals surface area contributed by atoms with Gasteiger partial charge in [0.25, 0.3) is 5.91 Å². The highest BCUT2D eigenvalue weighted by atomic mass is 16.5. The SMILES string of the molecule is CC1Oc2ccc(NC(=O)C3CCN(C(=O)Nc4ccccc4)CC3)cc2NC1=O. The average Bonchev–Trinajstić information content (AvgIpc) is 2.75. The fraction of sp³-hybridized carbons (Fsp3) is 0.318. The molecule has 8 heteroatoms. The van der Waals surface area contributed by atoms with Crippen LogP contribution in [-0.2, 0) is 9.59 Å². The molecule has 2 aromatic rings. The molecule has 0 saturated carbocycles. The monoisotopic (exact) mass is 408 g/mol. The maximum Gasteiger partial charge on any atom is 0.321 e. The van der Waals surface area contributed by atoms with Crippen LogP contribution in [0.15, 0.2) is 48.5 Å². The summed E-state index contributed by atoms with van der Waals surface area (Å²) in [4.78, 5) is 38.6. The van der Waals surface area contributed by atoms with Gasteiger partial charge in [0.1, 0.15) is 5.75 Å². The number of urea groups is 1. The number of anilines is 3. The standard InChI is InChI=1S/C22H24N4O4/c1-14-20(27)25-18-13-17(7-8-19(18)30-14)23-21(28)15-9-11-26(12-10-15)22(29)24-16-5-3-2-4-6-16/h2-8,13-15H,9-12H2,1H3,(H,23,28)(H,24,29)(H,25,27). The van der Waals surface area contributed by atoms with E-state index < -0.39 is 6.10 Å². The zero-order valence-electron chi connectivity index (χ0n) is 16.7. The molecule has 2 heterocycles. The maximum absolute atomic E-state index is 12.7. The Morgan fingerprint density at radius 2 is 1.77 bits per heavy atom. The van der Waals surface area contributed by atoms with Crippen LogP contribution >= 0.6 is 0 Å². The summed E-state index contributed by atoms with van der Waals surface area (Å²) in [5.74, 6) is 0.104. The molecule has 0 spiro atoms. The lowest BCUT2D eigenvalue weighted by molar-refractivity contribution is -0.122. The number of carbonyl (C=O) groups excluding carboxylic acids is 3. The quantitative estimate of drug-likeness (QED) is 0.726. The number of hydrogen-bond acceptors (Lipinski definition) is 4. The van der Waals surface area contributed by atoms with Gasteiger partial charge in [-0.05, 0) is 50.1 Å². The molecule has 30 heavy (non-hydrogen) atoms. The molecule has 0 bridgehead atoms. The van der Waals surface area contributed by atoms with E-state index in [1.165, 1.54) is 0 Å². The normalized spacial score (nSPS) is 18.6. The van der Waals surface area contributed by atoms with Gasteiger partial charge in [0.2, 0.25) is 5.91 Å². The molecule has 156 valence electrons. The molecule has 4 amide bonds. The number of hydrogen-bond donors (Lipinski definition) is 3. The van der Waals surface area contributed by atoms with Gasteiger partial charge in [-0.3, -0.25) is 9.59 Å². The van der Waals surface area contributed by atoms with Crippen LogP contribution in [0.5, 0.6) is 5.75 Å². The topological polar surface area (TPSA) is 99.8 Å². The number of piperidine rings is 1. The maximum atomic E-state index is 12.7. The molecule has 1 unspecified atom stereocenters. The van der Waals surface area contributed by atoms with Crippen molar-refractivity contribution in [1.29, 1.82) is 0 Å². The number of nitrogens with one attached hydrogen (secondary N) is 3. The average molecular weight is 408 g/mol. The summed E-state index contributed by atoms with van der Waals surface area (Å²) >= 11 is 0. The van der Waals surface area contributed by atoms with E-state index in [1.807, 2.05) is 30.3 Å². The van der Waals surface area contributed by atoms with Crippen LogP contribution in [0.3, 0.4) is 0 Å². The predicted octanol–water partition coefficient (Wildman–Crippen LogP) is 3.29. The molecular formula is C22H24N4O4. The van der Waals surface area contributed by atoms with E-state index in [2.05, 4.69) is 16.0 Å². The fourth-order valence-electron chi connectivity index (χ4n) is 3.60. The molecular weight excluding hydrogens is 384 g/mol. The number of para-hydroxylation sites is 1. The van der Waals surface area contributed by atoms with Crippen molar-refractivity contribution < 1.29 is 19.1 Å². The van der Waals surface area contributed by atoms with Gasteiger partial charge in [0, 0.05) is 30.4 Å². The summed E-state index contributed by atoms with van der Waals surface area (Å²) in [6, 6.07) is 14.3. The third-order valence-corrected chi connectivity index (χ3v) is 5.36. The van der Waals surface area contributed by atoms with Gasteiger partial charge in [0.05, 0.1) is 5.69 Å². The molecule has 8 nitrogen and oxygen atoms in total. The second kappa shape index (κ2) is 8.44. The van der Waals surface area contributed by atoms with Crippen LogP contribution in [0.2, 0.25) is 0 Å². The van der Waals surface area contributed by atoms with Crippen molar-refractivity contribution in [2.75, 3.05) is 29.0 Å². The first-order valence-corrected chi connectivity index (χ1v) is 10.0. The Hall–Kier alpha value is -3.55. The lowest BCUT2D eigenvalue weighted by atomic mass is 9.96. The van der Waals surface area contributed by atoms with Crippen LogP contribution in [0.25, 0.3) is 0 Å². The summed E-state index contributed by atoms with van der Waals surface area (Å²) in [5, 5.41) is 8.55. The van der Waals surface area contributed by atoms with Crippen LogP contribution in [0.4, 0.5) is 21.9 Å². The van der Waals surface area contributed by atoms with Gasteiger partial charge >= 0.3 is 6.03 Å². The second-order valence-electron chi connectivity index (χ2n) is 7.51. The van der Waals surface area contributed by atoms with Crippen molar-refractivity contribution in [3.8, 4) is 5.75 Å². The van der Waals surface area contributed by atoms with Gasteiger partial charge in [-0.15, -0.1) is 0 Å². The first-order chi connectivity index (χ1) is 14.5. The zero-order valence-corrected chi connectivity index (χ0v) is 16.7. The molecule has 2 aliphatic heterocycles. The van der Waals surface area contributed by atoms with Gasteiger partial charge in [-0.25, -0.2) is 4.79 Å². The van der Waals surface area contributed by atoms with Crippen molar-refractivity contribution in [2.24, 2.45) is 5.92 Å². The smallest absolute Gasteiger partial charge is 0.321 e. The number of rotatable bonds is 3. The molecule has 0 aliphatic carbocycles. The summed E-state index contributed by atoms with van der Waals surface area (Å²) in [6.45, 7) is 2.71. The molecule has 1 fully saturated rings. The Bertz CT molecular complexity index is 955. The van der Waals surface area contributed by atoms with Crippen LogP contribution in [0.1, 0.15) is 19.8 Å². The van der Waals surface area contributed by atoms with E-state index in [0.717, 1.165) is 5.69 Å².